The molecule has 0 aliphatic heterocycles. The highest BCUT2D eigenvalue weighted by Crippen LogP contribution is 2.32. The highest BCUT2D eigenvalue weighted by molar-refractivity contribution is 6.29. The fourth-order valence-electron chi connectivity index (χ4n) is 3.39. The molecule has 0 spiro atoms. The third-order valence-corrected chi connectivity index (χ3v) is 5.47. The molecule has 0 amide bonds. The number of ether oxygens (including phenoxy) is 2. The van der Waals surface area contributed by atoms with E-state index in [0.29, 0.717) is 58.3 Å². The number of nitrogen functional groups attached to an aromatic ring is 1. The molecule has 4 aromatic heterocycles. The number of halogens is 3. The van der Waals surface area contributed by atoms with E-state index in [2.05, 4.69) is 35.1 Å². The first-order chi connectivity index (χ1) is 17.6. The smallest absolute Gasteiger partial charge is 0.387 e. The van der Waals surface area contributed by atoms with E-state index in [1.165, 1.54) is 12.3 Å². The van der Waals surface area contributed by atoms with Crippen molar-refractivity contribution >= 4 is 23.1 Å². The SMILES string of the molecule is Cn1ncc(-c2nccc(N)n2)c1OCC(C)(C)CNc1cc(Cl)ncc1-c1ccc(OC(F)F)cn1. The van der Waals surface area contributed by atoms with Crippen LogP contribution < -0.4 is 20.5 Å². The minimum atomic E-state index is -2.92. The average Bonchev–Trinajstić information content (AvgIpc) is 3.22. The molecule has 4 heterocycles. The quantitative estimate of drug-likeness (QED) is 0.281. The largest absolute Gasteiger partial charge is 0.477 e. The Labute approximate surface area is 216 Å². The Bertz CT molecular complexity index is 1370. The van der Waals surface area contributed by atoms with E-state index < -0.39 is 6.61 Å². The Morgan fingerprint density at radius 3 is 2.62 bits per heavy atom. The van der Waals surface area contributed by atoms with Crippen molar-refractivity contribution in [3.63, 3.8) is 0 Å². The number of pyridine rings is 2. The average molecular weight is 531 g/mol. The number of nitrogens with zero attached hydrogens (tertiary/aromatic N) is 6. The van der Waals surface area contributed by atoms with Crippen molar-refractivity contribution in [2.24, 2.45) is 12.5 Å². The van der Waals surface area contributed by atoms with E-state index in [1.807, 2.05) is 13.8 Å². The molecular formula is C24H25ClF2N8O2. The number of hydrogen-bond donors (Lipinski definition) is 2. The van der Waals surface area contributed by atoms with E-state index in [9.17, 15) is 8.78 Å². The van der Waals surface area contributed by atoms with Crippen LogP contribution in [0.25, 0.3) is 22.6 Å². The number of aromatic nitrogens is 6. The minimum Gasteiger partial charge on any atom is -0.477 e. The number of alkyl halides is 2. The molecule has 0 atom stereocenters. The van der Waals surface area contributed by atoms with Crippen molar-refractivity contribution in [3.05, 3.63) is 54.2 Å². The second-order valence-corrected chi connectivity index (χ2v) is 9.30. The Morgan fingerprint density at radius 1 is 1.11 bits per heavy atom. The second kappa shape index (κ2) is 10.9. The van der Waals surface area contributed by atoms with E-state index >= 15 is 0 Å². The van der Waals surface area contributed by atoms with Gasteiger partial charge in [-0.3, -0.25) is 4.98 Å². The Balaban J connectivity index is 1.47. The van der Waals surface area contributed by atoms with Gasteiger partial charge in [-0.15, -0.1) is 0 Å². The summed E-state index contributed by atoms with van der Waals surface area (Å²) in [6, 6.07) is 6.27. The van der Waals surface area contributed by atoms with Gasteiger partial charge in [-0.2, -0.15) is 13.9 Å². The Kier molecular flexibility index (Phi) is 7.67. The normalized spacial score (nSPS) is 11.5. The van der Waals surface area contributed by atoms with Crippen LogP contribution in [-0.4, -0.2) is 49.5 Å². The molecule has 0 aliphatic rings. The number of aryl methyl sites for hydroxylation is 1. The van der Waals surface area contributed by atoms with Crippen LogP contribution in [0.2, 0.25) is 5.15 Å². The zero-order chi connectivity index (χ0) is 26.6. The van der Waals surface area contributed by atoms with E-state index in [-0.39, 0.29) is 11.2 Å². The predicted octanol–water partition coefficient (Wildman–Crippen LogP) is 4.69. The van der Waals surface area contributed by atoms with Crippen LogP contribution in [0.5, 0.6) is 11.6 Å². The maximum atomic E-state index is 12.5. The van der Waals surface area contributed by atoms with E-state index in [4.69, 9.17) is 22.1 Å². The van der Waals surface area contributed by atoms with Gasteiger partial charge in [0, 0.05) is 42.7 Å². The number of hydrogen-bond acceptors (Lipinski definition) is 9. The van der Waals surface area contributed by atoms with E-state index in [1.54, 1.807) is 48.5 Å². The molecule has 4 rings (SSSR count). The van der Waals surface area contributed by atoms with Gasteiger partial charge in [0.2, 0.25) is 5.88 Å². The first kappa shape index (κ1) is 26.0. The summed E-state index contributed by atoms with van der Waals surface area (Å²) in [6.45, 7) is 1.97. The molecule has 4 aromatic rings. The van der Waals surface area contributed by atoms with Gasteiger partial charge in [-0.25, -0.2) is 19.6 Å². The summed E-state index contributed by atoms with van der Waals surface area (Å²) in [5.74, 6) is 1.25. The summed E-state index contributed by atoms with van der Waals surface area (Å²) in [7, 11) is 1.77. The van der Waals surface area contributed by atoms with Gasteiger partial charge in [-0.1, -0.05) is 25.4 Å². The molecule has 0 radical (unpaired) electrons. The monoisotopic (exact) mass is 530 g/mol. The van der Waals surface area contributed by atoms with Crippen LogP contribution in [-0.2, 0) is 7.05 Å². The summed E-state index contributed by atoms with van der Waals surface area (Å²) in [4.78, 5) is 16.9. The van der Waals surface area contributed by atoms with Crippen molar-refractivity contribution in [1.82, 2.24) is 29.7 Å². The van der Waals surface area contributed by atoms with Crippen LogP contribution in [0, 0.1) is 5.41 Å². The highest BCUT2D eigenvalue weighted by Gasteiger charge is 2.23. The maximum absolute atomic E-state index is 12.5. The molecule has 0 unspecified atom stereocenters. The molecule has 194 valence electrons. The fourth-order valence-corrected chi connectivity index (χ4v) is 3.55. The third-order valence-electron chi connectivity index (χ3n) is 5.27. The molecule has 3 N–H and O–H groups in total. The zero-order valence-corrected chi connectivity index (χ0v) is 21.1. The van der Waals surface area contributed by atoms with Crippen LogP contribution in [0.1, 0.15) is 13.8 Å². The first-order valence-electron chi connectivity index (χ1n) is 11.2. The highest BCUT2D eigenvalue weighted by atomic mass is 35.5. The molecule has 0 saturated carbocycles. The zero-order valence-electron chi connectivity index (χ0n) is 20.3. The van der Waals surface area contributed by atoms with Gasteiger partial charge in [0.05, 0.1) is 24.7 Å². The molecule has 0 bridgehead atoms. The summed E-state index contributed by atoms with van der Waals surface area (Å²) in [5.41, 5.74) is 7.92. The van der Waals surface area contributed by atoms with Crippen molar-refractivity contribution < 1.29 is 18.3 Å². The van der Waals surface area contributed by atoms with Crippen LogP contribution in [0.15, 0.2) is 49.1 Å². The lowest BCUT2D eigenvalue weighted by molar-refractivity contribution is -0.0500. The maximum Gasteiger partial charge on any atom is 0.387 e. The Hall–Kier alpha value is -4.06. The van der Waals surface area contributed by atoms with Gasteiger partial charge >= 0.3 is 6.61 Å². The summed E-state index contributed by atoms with van der Waals surface area (Å²) >= 11 is 6.14. The van der Waals surface area contributed by atoms with Crippen LogP contribution in [0.3, 0.4) is 0 Å². The first-order valence-corrected chi connectivity index (χ1v) is 11.5. The van der Waals surface area contributed by atoms with Crippen molar-refractivity contribution in [3.8, 4) is 34.3 Å². The van der Waals surface area contributed by atoms with Gasteiger partial charge in [0.1, 0.15) is 22.3 Å². The Morgan fingerprint density at radius 2 is 1.92 bits per heavy atom. The number of nitrogens with one attached hydrogen (secondary N) is 1. The lowest BCUT2D eigenvalue weighted by Gasteiger charge is -2.26. The van der Waals surface area contributed by atoms with Crippen LogP contribution >= 0.6 is 11.6 Å². The van der Waals surface area contributed by atoms with Crippen molar-refractivity contribution in [2.75, 3.05) is 24.2 Å². The topological polar surface area (TPSA) is 126 Å². The molecule has 37 heavy (non-hydrogen) atoms. The summed E-state index contributed by atoms with van der Waals surface area (Å²) < 4.78 is 37.0. The van der Waals surface area contributed by atoms with Crippen molar-refractivity contribution in [1.29, 1.82) is 0 Å². The fraction of sp³-hybridized carbons (Fsp3) is 0.292. The van der Waals surface area contributed by atoms with Crippen LogP contribution in [0.4, 0.5) is 20.3 Å². The molecule has 0 fully saturated rings. The predicted molar refractivity (Wildman–Crippen MR) is 136 cm³/mol. The molecule has 13 heteroatoms. The minimum absolute atomic E-state index is 0.0356. The number of nitrogens with two attached hydrogens (primary N) is 1. The number of anilines is 2. The van der Waals surface area contributed by atoms with Gasteiger partial charge < -0.3 is 20.5 Å². The lowest BCUT2D eigenvalue weighted by atomic mass is 9.94. The lowest BCUT2D eigenvalue weighted by Crippen LogP contribution is -2.30. The third kappa shape index (κ3) is 6.58. The molecule has 0 aliphatic carbocycles. The molecule has 0 saturated heterocycles. The summed E-state index contributed by atoms with van der Waals surface area (Å²) in [5, 5.41) is 7.94. The molecule has 10 nitrogen and oxygen atoms in total. The second-order valence-electron chi connectivity index (χ2n) is 8.91. The van der Waals surface area contributed by atoms with Gasteiger partial charge in [0.25, 0.3) is 0 Å². The van der Waals surface area contributed by atoms with E-state index in [0.717, 1.165) is 0 Å². The number of rotatable bonds is 10. The van der Waals surface area contributed by atoms with Crippen molar-refractivity contribution in [2.45, 2.75) is 20.5 Å². The molecular weight excluding hydrogens is 506 g/mol. The standard InChI is InChI=1S/C24H25ClF2N8O2/c1-24(2,13-36-22-16(11-33-35(22)3)21-29-7-6-20(28)34-21)12-32-18-8-19(25)31-10-15(18)17-5-4-14(9-30-17)37-23(26)27/h4-11,23H,12-13H2,1-3H3,(H,31,32)(H2,28,29,34). The summed E-state index contributed by atoms with van der Waals surface area (Å²) in [6.07, 6.45) is 6.00. The molecule has 0 aromatic carbocycles. The van der Waals surface area contributed by atoms with Gasteiger partial charge in [0.15, 0.2) is 5.82 Å². The van der Waals surface area contributed by atoms with Gasteiger partial charge in [-0.05, 0) is 24.3 Å².